The normalized spacial score (nSPS) is 17.7. The van der Waals surface area contributed by atoms with Crippen molar-refractivity contribution in [2.24, 2.45) is 5.14 Å². The Balaban J connectivity index is 2.18. The number of sulfonamides is 1. The van der Waals surface area contributed by atoms with Gasteiger partial charge in [0.05, 0.1) is 10.6 Å². The maximum Gasteiger partial charge on any atom is 0.238 e. The SMILES string of the molecule is CNC1CCN(c2ccc(S(N)(=O)=O)cc2F)CC1. The molecule has 1 aliphatic rings. The highest BCUT2D eigenvalue weighted by Gasteiger charge is 2.21. The number of rotatable bonds is 3. The third-order valence-electron chi connectivity index (χ3n) is 3.49. The van der Waals surface area contributed by atoms with E-state index in [4.69, 9.17) is 5.14 Å². The van der Waals surface area contributed by atoms with Crippen LogP contribution in [0, 0.1) is 5.82 Å². The second-order valence-electron chi connectivity index (χ2n) is 4.71. The Morgan fingerprint density at radius 1 is 1.37 bits per heavy atom. The van der Waals surface area contributed by atoms with Gasteiger partial charge < -0.3 is 10.2 Å². The summed E-state index contributed by atoms with van der Waals surface area (Å²) >= 11 is 0. The molecule has 0 bridgehead atoms. The minimum absolute atomic E-state index is 0.195. The standard InChI is InChI=1S/C12H18FN3O2S/c1-15-9-4-6-16(7-5-9)12-3-2-10(8-11(12)13)19(14,17)18/h2-3,8-9,15H,4-7H2,1H3,(H2,14,17,18). The summed E-state index contributed by atoms with van der Waals surface area (Å²) in [5.74, 6) is -0.547. The van der Waals surface area contributed by atoms with Crippen LogP contribution >= 0.6 is 0 Å². The Hall–Kier alpha value is -1.18. The average Bonchev–Trinajstić information content (AvgIpc) is 2.38. The molecule has 1 aliphatic heterocycles. The summed E-state index contributed by atoms with van der Waals surface area (Å²) in [6.07, 6.45) is 1.87. The van der Waals surface area contributed by atoms with Crippen molar-refractivity contribution in [3.8, 4) is 0 Å². The first-order valence-electron chi connectivity index (χ1n) is 6.16. The molecule has 19 heavy (non-hydrogen) atoms. The Morgan fingerprint density at radius 3 is 2.47 bits per heavy atom. The molecule has 3 N–H and O–H groups in total. The van der Waals surface area contributed by atoms with Gasteiger partial charge in [-0.05, 0) is 38.1 Å². The molecule has 106 valence electrons. The van der Waals surface area contributed by atoms with Crippen molar-refractivity contribution in [1.29, 1.82) is 0 Å². The molecule has 0 amide bonds. The molecule has 1 aromatic carbocycles. The van der Waals surface area contributed by atoms with Gasteiger partial charge in [0.15, 0.2) is 0 Å². The number of hydrogen-bond acceptors (Lipinski definition) is 4. The van der Waals surface area contributed by atoms with Gasteiger partial charge in [-0.15, -0.1) is 0 Å². The van der Waals surface area contributed by atoms with Crippen molar-refractivity contribution in [2.75, 3.05) is 25.0 Å². The van der Waals surface area contributed by atoms with Gasteiger partial charge in [0, 0.05) is 19.1 Å². The number of nitrogens with two attached hydrogens (primary N) is 1. The summed E-state index contributed by atoms with van der Waals surface area (Å²) in [4.78, 5) is 1.73. The van der Waals surface area contributed by atoms with Crippen molar-refractivity contribution >= 4 is 15.7 Å². The summed E-state index contributed by atoms with van der Waals surface area (Å²) in [5.41, 5.74) is 0.432. The molecule has 0 radical (unpaired) electrons. The lowest BCUT2D eigenvalue weighted by atomic mass is 10.0. The summed E-state index contributed by atoms with van der Waals surface area (Å²) in [5, 5.41) is 8.18. The van der Waals surface area contributed by atoms with Crippen LogP contribution in [0.3, 0.4) is 0 Å². The molecule has 2 rings (SSSR count). The molecule has 1 saturated heterocycles. The van der Waals surface area contributed by atoms with Gasteiger partial charge in [0.2, 0.25) is 10.0 Å². The van der Waals surface area contributed by atoms with Gasteiger partial charge in [0.1, 0.15) is 5.82 Å². The van der Waals surface area contributed by atoms with Gasteiger partial charge in [-0.3, -0.25) is 0 Å². The van der Waals surface area contributed by atoms with Crippen molar-refractivity contribution in [1.82, 2.24) is 5.32 Å². The highest BCUT2D eigenvalue weighted by molar-refractivity contribution is 7.89. The second kappa shape index (κ2) is 5.44. The van der Waals surface area contributed by atoms with Crippen LogP contribution in [0.5, 0.6) is 0 Å². The van der Waals surface area contributed by atoms with Crippen molar-refractivity contribution in [3.05, 3.63) is 24.0 Å². The number of piperidine rings is 1. The summed E-state index contributed by atoms with van der Waals surface area (Å²) < 4.78 is 36.3. The van der Waals surface area contributed by atoms with Gasteiger partial charge in [-0.2, -0.15) is 0 Å². The first kappa shape index (κ1) is 14.2. The van der Waals surface area contributed by atoms with Gasteiger partial charge in [0.25, 0.3) is 0 Å². The molecule has 0 atom stereocenters. The minimum Gasteiger partial charge on any atom is -0.369 e. The molecular formula is C12H18FN3O2S. The van der Waals surface area contributed by atoms with Crippen LogP contribution in [0.15, 0.2) is 23.1 Å². The van der Waals surface area contributed by atoms with E-state index in [0.717, 1.165) is 32.0 Å². The van der Waals surface area contributed by atoms with E-state index in [9.17, 15) is 12.8 Å². The van der Waals surface area contributed by atoms with Crippen molar-refractivity contribution < 1.29 is 12.8 Å². The predicted molar refractivity (Wildman–Crippen MR) is 72.1 cm³/mol. The van der Waals surface area contributed by atoms with Crippen LogP contribution < -0.4 is 15.4 Å². The third kappa shape index (κ3) is 3.23. The van der Waals surface area contributed by atoms with Gasteiger partial charge in [-0.1, -0.05) is 0 Å². The van der Waals surface area contributed by atoms with E-state index >= 15 is 0 Å². The molecule has 1 aromatic rings. The lowest BCUT2D eigenvalue weighted by Crippen LogP contribution is -2.41. The number of anilines is 1. The third-order valence-corrected chi connectivity index (χ3v) is 4.40. The molecule has 5 nitrogen and oxygen atoms in total. The summed E-state index contributed by atoms with van der Waals surface area (Å²) in [6, 6.07) is 4.27. The van der Waals surface area contributed by atoms with Gasteiger partial charge >= 0.3 is 0 Å². The number of primary sulfonamides is 1. The first-order chi connectivity index (χ1) is 8.91. The lowest BCUT2D eigenvalue weighted by Gasteiger charge is -2.33. The maximum absolute atomic E-state index is 14.0. The lowest BCUT2D eigenvalue weighted by molar-refractivity contribution is 0.439. The first-order valence-corrected chi connectivity index (χ1v) is 7.71. The molecule has 0 unspecified atom stereocenters. The molecule has 0 aliphatic carbocycles. The fourth-order valence-corrected chi connectivity index (χ4v) is 2.86. The van der Waals surface area contributed by atoms with E-state index < -0.39 is 15.8 Å². The smallest absolute Gasteiger partial charge is 0.238 e. The van der Waals surface area contributed by atoms with Crippen molar-refractivity contribution in [2.45, 2.75) is 23.8 Å². The number of halogens is 1. The van der Waals surface area contributed by atoms with E-state index in [-0.39, 0.29) is 4.90 Å². The molecule has 0 spiro atoms. The van der Waals surface area contributed by atoms with E-state index in [1.165, 1.54) is 12.1 Å². The molecule has 1 fully saturated rings. The highest BCUT2D eigenvalue weighted by atomic mass is 32.2. The fourth-order valence-electron chi connectivity index (χ4n) is 2.33. The Labute approximate surface area is 112 Å². The Morgan fingerprint density at radius 2 is 2.00 bits per heavy atom. The maximum atomic E-state index is 14.0. The zero-order valence-electron chi connectivity index (χ0n) is 10.8. The van der Waals surface area contributed by atoms with E-state index in [1.807, 2.05) is 11.9 Å². The zero-order valence-corrected chi connectivity index (χ0v) is 11.6. The largest absolute Gasteiger partial charge is 0.369 e. The number of hydrogen-bond donors (Lipinski definition) is 2. The van der Waals surface area contributed by atoms with Crippen LogP contribution in [0.2, 0.25) is 0 Å². The molecule has 0 aromatic heterocycles. The van der Waals surface area contributed by atoms with Crippen molar-refractivity contribution in [3.63, 3.8) is 0 Å². The Bertz CT molecular complexity index is 554. The number of nitrogens with one attached hydrogen (secondary N) is 1. The predicted octanol–water partition coefficient (Wildman–Crippen LogP) is 0.661. The minimum atomic E-state index is -3.85. The number of nitrogens with zero attached hydrogens (tertiary/aromatic N) is 1. The van der Waals surface area contributed by atoms with Crippen LogP contribution in [-0.2, 0) is 10.0 Å². The summed E-state index contributed by atoms with van der Waals surface area (Å²) in [6.45, 7) is 1.49. The van der Waals surface area contributed by atoms with Crippen LogP contribution in [-0.4, -0.2) is 34.6 Å². The molecule has 7 heteroatoms. The van der Waals surface area contributed by atoms with Crippen LogP contribution in [0.25, 0.3) is 0 Å². The van der Waals surface area contributed by atoms with Crippen LogP contribution in [0.4, 0.5) is 10.1 Å². The number of benzene rings is 1. The van der Waals surface area contributed by atoms with Crippen LogP contribution in [0.1, 0.15) is 12.8 Å². The Kier molecular flexibility index (Phi) is 4.07. The van der Waals surface area contributed by atoms with Gasteiger partial charge in [-0.25, -0.2) is 17.9 Å². The summed E-state index contributed by atoms with van der Waals surface area (Å²) in [7, 11) is -1.94. The topological polar surface area (TPSA) is 75.4 Å². The molecule has 0 saturated carbocycles. The molecule has 1 heterocycles. The molecular weight excluding hydrogens is 269 g/mol. The fraction of sp³-hybridized carbons (Fsp3) is 0.500. The monoisotopic (exact) mass is 287 g/mol. The highest BCUT2D eigenvalue weighted by Crippen LogP contribution is 2.25. The van der Waals surface area contributed by atoms with E-state index in [0.29, 0.717) is 11.7 Å². The van der Waals surface area contributed by atoms with E-state index in [1.54, 1.807) is 0 Å². The van der Waals surface area contributed by atoms with E-state index in [2.05, 4.69) is 5.32 Å². The quantitative estimate of drug-likeness (QED) is 0.856. The second-order valence-corrected chi connectivity index (χ2v) is 6.27. The average molecular weight is 287 g/mol. The zero-order chi connectivity index (χ0) is 14.0.